The summed E-state index contributed by atoms with van der Waals surface area (Å²) < 4.78 is 17.2. The second-order valence-electron chi connectivity index (χ2n) is 9.41. The number of carbonyl (C=O) groups excluding carboxylic acids is 5. The summed E-state index contributed by atoms with van der Waals surface area (Å²) in [5, 5.41) is 3.87. The molecule has 57 heavy (non-hydrogen) atoms. The van der Waals surface area contributed by atoms with Crippen LogP contribution in [0.5, 0.6) is 5.19 Å². The van der Waals surface area contributed by atoms with Gasteiger partial charge < -0.3 is 20.7 Å². The molecule has 3 aromatic rings. The number of nitrogens with two attached hydrogens (primary N) is 1. The predicted molar refractivity (Wildman–Crippen MR) is 261 cm³/mol. The zero-order chi connectivity index (χ0) is 42.3. The molecule has 1 saturated heterocycles. The van der Waals surface area contributed by atoms with Gasteiger partial charge in [-0.1, -0.05) is 50.5 Å². The van der Waals surface area contributed by atoms with Gasteiger partial charge in [0.1, 0.15) is 4.99 Å². The molecule has 0 spiro atoms. The Labute approximate surface area is 379 Å². The molecule has 6 rings (SSSR count). The van der Waals surface area contributed by atoms with E-state index in [-0.39, 0.29) is 44.4 Å². The van der Waals surface area contributed by atoms with Crippen LogP contribution in [-0.2, 0) is 22.9 Å². The van der Waals surface area contributed by atoms with Crippen LogP contribution in [0.1, 0.15) is 44.5 Å². The number of rotatable bonds is 4. The summed E-state index contributed by atoms with van der Waals surface area (Å²) in [6.07, 6.45) is 2.31. The third-order valence-electron chi connectivity index (χ3n) is 4.85. The summed E-state index contributed by atoms with van der Waals surface area (Å²) in [4.78, 5) is 81.5. The van der Waals surface area contributed by atoms with E-state index in [0.717, 1.165) is 80.2 Å². The van der Waals surface area contributed by atoms with Crippen molar-refractivity contribution in [2.45, 2.75) is 39.0 Å². The Hall–Kier alpha value is -1.70. The van der Waals surface area contributed by atoms with Gasteiger partial charge >= 0.3 is 4.87 Å². The maximum absolute atomic E-state index is 11.6. The van der Waals surface area contributed by atoms with Crippen LogP contribution >= 0.6 is 132 Å². The Kier molecular flexibility index (Phi) is 29.4. The van der Waals surface area contributed by atoms with Gasteiger partial charge in [0, 0.05) is 54.7 Å². The summed E-state index contributed by atoms with van der Waals surface area (Å²) in [6.45, 7) is 4.19. The van der Waals surface area contributed by atoms with Gasteiger partial charge in [-0.25, -0.2) is 9.98 Å². The van der Waals surface area contributed by atoms with Gasteiger partial charge in [-0.3, -0.25) is 33.0 Å². The summed E-state index contributed by atoms with van der Waals surface area (Å²) in [6, 6.07) is 6.91. The molecule has 3 N–H and O–H groups in total. The maximum Gasteiger partial charge on any atom is 0.340 e. The Bertz CT molecular complexity index is 2060. The van der Waals surface area contributed by atoms with Crippen LogP contribution in [0.25, 0.3) is 0 Å². The SMILES string of the molecule is C.C=S1(=O)SC(=O)c2ccccc21.CCC(=O)SSC(=O)NC.CCOc1nc(=O)ss1.CN(C)C=NC1=NC(=S)CS1.Nc1nc(=S)ss1.O=C1CC(=O)SS1. The van der Waals surface area contributed by atoms with E-state index in [1.165, 1.54) is 38.1 Å². The average molecular weight is 1030 g/mol. The van der Waals surface area contributed by atoms with Crippen molar-refractivity contribution >= 4 is 193 Å². The van der Waals surface area contributed by atoms with Crippen LogP contribution in [0.15, 0.2) is 43.9 Å². The fourth-order valence-corrected chi connectivity index (χ4v) is 12.8. The quantitative estimate of drug-likeness (QED) is 0.0827. The standard InChI is InChI=1S/C8H6O2S2.C6H9N3S2.C5H9NO2S2.C4H5NO2S2.C3H2O2S2.C2H2N2S3.CH4/c1-12(10)7-5-3-2-4-6(7)8(9)11-12;1-9(2)4-7-6-8-5(10)3-11-6;1-3-4(7)9-10-5(8)6-2;1-2-7-4-5-3(6)8-9-4;4-2-1-3(5)7-6-2;3-1-4-2(5)7-6-1;/h2-5H,1H2;4H,3H2,1-2H3;3H2,1-2H3,(H,6,8);2H2,1H3;1H2;(H2,3,4,5);1H4. The van der Waals surface area contributed by atoms with E-state index in [0.29, 0.717) is 37.8 Å². The van der Waals surface area contributed by atoms with Crippen molar-refractivity contribution in [3.63, 3.8) is 0 Å². The van der Waals surface area contributed by atoms with Gasteiger partial charge in [-0.05, 0) is 111 Å². The Balaban J connectivity index is 0.000000665. The minimum Gasteiger partial charge on any atom is -0.470 e. The predicted octanol–water partition coefficient (Wildman–Crippen LogP) is 8.15. The van der Waals surface area contributed by atoms with Crippen molar-refractivity contribution in [2.75, 3.05) is 39.2 Å². The molecule has 1 fully saturated rings. The fourth-order valence-electron chi connectivity index (χ4n) is 2.67. The summed E-state index contributed by atoms with van der Waals surface area (Å²) >= 11 is 11.1. The third kappa shape index (κ3) is 24.9. The largest absolute Gasteiger partial charge is 0.470 e. The van der Waals surface area contributed by atoms with Crippen molar-refractivity contribution in [3.05, 3.63) is 43.5 Å². The summed E-state index contributed by atoms with van der Waals surface area (Å²) in [7, 11) is 13.0. The smallest absolute Gasteiger partial charge is 0.340 e. The number of aromatic nitrogens is 2. The Morgan fingerprint density at radius 3 is 2.11 bits per heavy atom. The van der Waals surface area contributed by atoms with Crippen LogP contribution in [0, 0.1) is 3.95 Å². The number of hydrogen-bond acceptors (Lipinski definition) is 24. The number of fused-ring (bicyclic) bond motifs is 1. The molecule has 3 aliphatic heterocycles. The van der Waals surface area contributed by atoms with E-state index in [2.05, 4.69) is 43.4 Å². The zero-order valence-corrected chi connectivity index (χ0v) is 40.4. The molecule has 2 aromatic heterocycles. The summed E-state index contributed by atoms with van der Waals surface area (Å²) in [5.74, 6) is 4.33. The van der Waals surface area contributed by atoms with E-state index >= 15 is 0 Å². The molecule has 0 aliphatic carbocycles. The van der Waals surface area contributed by atoms with Crippen molar-refractivity contribution in [3.8, 4) is 5.19 Å². The highest BCUT2D eigenvalue weighted by atomic mass is 33.1. The van der Waals surface area contributed by atoms with E-state index in [9.17, 15) is 33.0 Å². The zero-order valence-electron chi connectivity index (χ0n) is 29.8. The lowest BCUT2D eigenvalue weighted by atomic mass is 10.2. The molecule has 0 bridgehead atoms. The minimum atomic E-state index is -2.39. The van der Waals surface area contributed by atoms with Crippen LogP contribution in [-0.4, -0.2) is 101 Å². The number of thiocarbonyl (C=S) groups is 1. The highest BCUT2D eigenvalue weighted by molar-refractivity contribution is 8.88. The van der Waals surface area contributed by atoms with Crippen molar-refractivity contribution < 1.29 is 32.9 Å². The van der Waals surface area contributed by atoms with Gasteiger partial charge in [-0.2, -0.15) is 9.97 Å². The van der Waals surface area contributed by atoms with E-state index in [4.69, 9.17) is 22.7 Å². The molecule has 5 heterocycles. The molecule has 0 saturated carbocycles. The number of hydrogen-bond donors (Lipinski definition) is 2. The highest BCUT2D eigenvalue weighted by Crippen LogP contribution is 2.37. The Morgan fingerprint density at radius 2 is 1.70 bits per heavy atom. The van der Waals surface area contributed by atoms with Gasteiger partial charge in [0.25, 0.3) is 10.4 Å². The lowest BCUT2D eigenvalue weighted by molar-refractivity contribution is -0.117. The van der Waals surface area contributed by atoms with Gasteiger partial charge in [0.15, 0.2) is 19.4 Å². The molecular weight excluding hydrogens is 991 g/mol. The number of amides is 1. The number of anilines is 1. The number of nitrogen functional groups attached to an aromatic ring is 1. The molecule has 1 amide bonds. The number of aliphatic imine (C=N–C) groups is 2. The monoisotopic (exact) mass is 1030 g/mol. The van der Waals surface area contributed by atoms with Crippen LogP contribution in [0.3, 0.4) is 0 Å². The van der Waals surface area contributed by atoms with E-state index < -0.39 is 8.55 Å². The van der Waals surface area contributed by atoms with Crippen LogP contribution in [0.4, 0.5) is 9.93 Å². The number of thioether (sulfide) groups is 1. The molecule has 28 heteroatoms. The summed E-state index contributed by atoms with van der Waals surface area (Å²) in [5.41, 5.74) is 5.77. The Morgan fingerprint density at radius 1 is 1.05 bits per heavy atom. The van der Waals surface area contributed by atoms with Crippen molar-refractivity contribution in [1.29, 1.82) is 0 Å². The second-order valence-corrected chi connectivity index (χ2v) is 24.4. The highest BCUT2D eigenvalue weighted by Gasteiger charge is 2.29. The second kappa shape index (κ2) is 30.3. The molecule has 1 atom stereocenters. The topological polar surface area (TPSA) is 221 Å². The fraction of sp³-hybridized carbons (Fsp3) is 0.345. The first-order chi connectivity index (χ1) is 26.4. The van der Waals surface area contributed by atoms with E-state index in [1.807, 2.05) is 25.9 Å². The normalized spacial score (nSPS) is 15.9. The van der Waals surface area contributed by atoms with Crippen LogP contribution < -0.4 is 20.7 Å². The third-order valence-corrected chi connectivity index (χ3v) is 18.1. The first kappa shape index (κ1) is 55.3. The number of ether oxygens (including phenoxy) is 1. The number of carbonyl (C=O) groups is 5. The molecule has 1 unspecified atom stereocenters. The van der Waals surface area contributed by atoms with Crippen LogP contribution in [0.2, 0.25) is 0 Å². The maximum atomic E-state index is 11.6. The van der Waals surface area contributed by atoms with Crippen molar-refractivity contribution in [1.82, 2.24) is 20.2 Å². The molecular formula is C29H37N7O8S13. The van der Waals surface area contributed by atoms with Crippen molar-refractivity contribution in [2.24, 2.45) is 9.98 Å². The lowest BCUT2D eigenvalue weighted by Crippen LogP contribution is -2.10. The molecule has 1 aromatic carbocycles. The number of nitrogens with one attached hydrogen (secondary N) is 1. The lowest BCUT2D eigenvalue weighted by Gasteiger charge is -2.00. The first-order valence-electron chi connectivity index (χ1n) is 14.9. The van der Waals surface area contributed by atoms with Gasteiger partial charge in [0.2, 0.25) is 15.3 Å². The molecule has 3 aliphatic rings. The number of benzene rings is 1. The van der Waals surface area contributed by atoms with Gasteiger partial charge in [0.05, 0.1) is 38.6 Å². The number of nitrogens with zero attached hydrogens (tertiary/aromatic N) is 5. The number of amidine groups is 1. The van der Waals surface area contributed by atoms with Gasteiger partial charge in [-0.15, -0.1) is 0 Å². The average Bonchev–Trinajstić information content (AvgIpc) is 3.99. The first-order valence-corrected chi connectivity index (χ1v) is 28.3. The molecule has 15 nitrogen and oxygen atoms in total. The van der Waals surface area contributed by atoms with E-state index in [1.54, 1.807) is 49.3 Å². The minimum absolute atomic E-state index is 0. The molecule has 314 valence electrons. The molecule has 0 radical (unpaired) electrons.